The molecule has 0 saturated heterocycles. The van der Waals surface area contributed by atoms with Crippen LogP contribution in [-0.2, 0) is 4.79 Å². The van der Waals surface area contributed by atoms with Crippen LogP contribution in [0.4, 0.5) is 5.69 Å². The topological polar surface area (TPSA) is 69.0 Å². The van der Waals surface area contributed by atoms with Crippen LogP contribution in [0.1, 0.15) is 13.0 Å². The Bertz CT molecular complexity index is 571. The molecule has 1 aromatic carbocycles. The highest BCUT2D eigenvalue weighted by molar-refractivity contribution is 6.32. The van der Waals surface area contributed by atoms with Crippen LogP contribution < -0.4 is 10.1 Å². The molecular formula is C12H13ClN4O2. The molecule has 1 unspecified atom stereocenters. The average molecular weight is 281 g/mol. The standard InChI is InChI=1S/C12H13ClN4O2/c1-8(17-7-14-6-15-17)12(18)16-9-3-4-11(19-2)10(13)5-9/h3-8H,1-2H3,(H,16,18). The molecule has 2 aromatic rings. The van der Waals surface area contributed by atoms with Crippen LogP contribution in [0.3, 0.4) is 0 Å². The van der Waals surface area contributed by atoms with Crippen molar-refractivity contribution in [2.24, 2.45) is 0 Å². The molecule has 0 aliphatic rings. The lowest BCUT2D eigenvalue weighted by Crippen LogP contribution is -2.24. The molecule has 0 spiro atoms. The first-order valence-electron chi connectivity index (χ1n) is 5.60. The fraction of sp³-hybridized carbons (Fsp3) is 0.250. The molecule has 0 bridgehead atoms. The molecule has 0 fully saturated rings. The van der Waals surface area contributed by atoms with Crippen molar-refractivity contribution in [3.63, 3.8) is 0 Å². The normalized spacial score (nSPS) is 11.9. The average Bonchev–Trinajstić information content (AvgIpc) is 2.92. The number of nitrogens with zero attached hydrogens (tertiary/aromatic N) is 3. The quantitative estimate of drug-likeness (QED) is 0.931. The molecule has 0 aliphatic heterocycles. The second kappa shape index (κ2) is 5.71. The van der Waals surface area contributed by atoms with Crippen molar-refractivity contribution in [2.75, 3.05) is 12.4 Å². The minimum absolute atomic E-state index is 0.202. The summed E-state index contributed by atoms with van der Waals surface area (Å²) in [6.07, 6.45) is 2.87. The number of methoxy groups -OCH3 is 1. The van der Waals surface area contributed by atoms with Crippen LogP contribution in [0, 0.1) is 0 Å². The zero-order valence-electron chi connectivity index (χ0n) is 10.5. The predicted molar refractivity (Wildman–Crippen MR) is 71.4 cm³/mol. The zero-order chi connectivity index (χ0) is 13.8. The molecule has 1 amide bonds. The summed E-state index contributed by atoms with van der Waals surface area (Å²) in [5, 5.41) is 7.12. The Hall–Kier alpha value is -2.08. The Balaban J connectivity index is 2.09. The van der Waals surface area contributed by atoms with E-state index in [9.17, 15) is 4.79 Å². The van der Waals surface area contributed by atoms with E-state index < -0.39 is 6.04 Å². The van der Waals surface area contributed by atoms with Crippen molar-refractivity contribution in [2.45, 2.75) is 13.0 Å². The lowest BCUT2D eigenvalue weighted by molar-refractivity contribution is -0.119. The second-order valence-corrected chi connectivity index (χ2v) is 4.30. The smallest absolute Gasteiger partial charge is 0.249 e. The van der Waals surface area contributed by atoms with E-state index in [1.54, 1.807) is 25.1 Å². The minimum Gasteiger partial charge on any atom is -0.495 e. The van der Waals surface area contributed by atoms with E-state index >= 15 is 0 Å². The number of rotatable bonds is 4. The van der Waals surface area contributed by atoms with Crippen molar-refractivity contribution < 1.29 is 9.53 Å². The third-order valence-corrected chi connectivity index (χ3v) is 2.93. The van der Waals surface area contributed by atoms with Gasteiger partial charge in [0.2, 0.25) is 5.91 Å². The van der Waals surface area contributed by atoms with E-state index in [4.69, 9.17) is 16.3 Å². The number of benzene rings is 1. The Morgan fingerprint density at radius 1 is 1.53 bits per heavy atom. The summed E-state index contributed by atoms with van der Waals surface area (Å²) in [6.45, 7) is 1.73. The van der Waals surface area contributed by atoms with Crippen molar-refractivity contribution >= 4 is 23.2 Å². The first-order chi connectivity index (χ1) is 9.11. The van der Waals surface area contributed by atoms with Crippen LogP contribution in [0.25, 0.3) is 0 Å². The summed E-state index contributed by atoms with van der Waals surface area (Å²) in [5.74, 6) is 0.357. The molecule has 100 valence electrons. The van der Waals surface area contributed by atoms with Gasteiger partial charge < -0.3 is 10.1 Å². The second-order valence-electron chi connectivity index (χ2n) is 3.89. The molecule has 1 atom stereocenters. The number of amides is 1. The Kier molecular flexibility index (Phi) is 4.01. The number of carbonyl (C=O) groups excluding carboxylic acids is 1. The third-order valence-electron chi connectivity index (χ3n) is 2.63. The molecule has 19 heavy (non-hydrogen) atoms. The fourth-order valence-corrected chi connectivity index (χ4v) is 1.79. The number of anilines is 1. The molecule has 0 radical (unpaired) electrons. The third kappa shape index (κ3) is 3.03. The van der Waals surface area contributed by atoms with Gasteiger partial charge in [-0.05, 0) is 25.1 Å². The summed E-state index contributed by atoms with van der Waals surface area (Å²) in [6, 6.07) is 4.59. The number of carbonyl (C=O) groups is 1. The summed E-state index contributed by atoms with van der Waals surface area (Å²) in [4.78, 5) is 15.8. The first-order valence-corrected chi connectivity index (χ1v) is 5.98. The Labute approximate surface area is 115 Å². The Morgan fingerprint density at radius 2 is 2.32 bits per heavy atom. The van der Waals surface area contributed by atoms with Gasteiger partial charge in [0, 0.05) is 5.69 Å². The highest BCUT2D eigenvalue weighted by Crippen LogP contribution is 2.27. The lowest BCUT2D eigenvalue weighted by Gasteiger charge is -2.12. The number of hydrogen-bond acceptors (Lipinski definition) is 4. The number of aromatic nitrogens is 3. The van der Waals surface area contributed by atoms with Gasteiger partial charge in [0.25, 0.3) is 0 Å². The van der Waals surface area contributed by atoms with Crippen molar-refractivity contribution in [3.05, 3.63) is 35.9 Å². The number of hydrogen-bond donors (Lipinski definition) is 1. The molecule has 1 heterocycles. The fourth-order valence-electron chi connectivity index (χ4n) is 1.53. The van der Waals surface area contributed by atoms with E-state index in [1.165, 1.54) is 24.4 Å². The van der Waals surface area contributed by atoms with Gasteiger partial charge in [-0.15, -0.1) is 0 Å². The van der Waals surface area contributed by atoms with Crippen LogP contribution in [0.5, 0.6) is 5.75 Å². The molecule has 0 aliphatic carbocycles. The minimum atomic E-state index is -0.455. The highest BCUT2D eigenvalue weighted by atomic mass is 35.5. The van der Waals surface area contributed by atoms with E-state index in [1.807, 2.05) is 0 Å². The molecule has 2 rings (SSSR count). The van der Waals surface area contributed by atoms with Crippen molar-refractivity contribution in [1.82, 2.24) is 14.8 Å². The molecule has 7 heteroatoms. The largest absolute Gasteiger partial charge is 0.495 e. The van der Waals surface area contributed by atoms with E-state index in [2.05, 4.69) is 15.4 Å². The van der Waals surface area contributed by atoms with Crippen LogP contribution >= 0.6 is 11.6 Å². The molecular weight excluding hydrogens is 268 g/mol. The maximum Gasteiger partial charge on any atom is 0.249 e. The zero-order valence-corrected chi connectivity index (χ0v) is 11.3. The van der Waals surface area contributed by atoms with Gasteiger partial charge in [-0.25, -0.2) is 9.67 Å². The molecule has 1 N–H and O–H groups in total. The van der Waals surface area contributed by atoms with Gasteiger partial charge >= 0.3 is 0 Å². The molecule has 1 aromatic heterocycles. The number of halogens is 1. The lowest BCUT2D eigenvalue weighted by atomic mass is 10.2. The predicted octanol–water partition coefficient (Wildman–Crippen LogP) is 2.14. The van der Waals surface area contributed by atoms with Crippen LogP contribution in [0.15, 0.2) is 30.9 Å². The van der Waals surface area contributed by atoms with Crippen molar-refractivity contribution in [1.29, 1.82) is 0 Å². The monoisotopic (exact) mass is 280 g/mol. The van der Waals surface area contributed by atoms with Crippen molar-refractivity contribution in [3.8, 4) is 5.75 Å². The van der Waals surface area contributed by atoms with Gasteiger partial charge in [0.1, 0.15) is 24.4 Å². The van der Waals surface area contributed by atoms with Gasteiger partial charge in [0.05, 0.1) is 12.1 Å². The van der Waals surface area contributed by atoms with Crippen LogP contribution in [0.2, 0.25) is 5.02 Å². The Morgan fingerprint density at radius 3 is 2.89 bits per heavy atom. The van der Waals surface area contributed by atoms with E-state index in [0.29, 0.717) is 16.5 Å². The van der Waals surface area contributed by atoms with Gasteiger partial charge in [-0.3, -0.25) is 4.79 Å². The SMILES string of the molecule is COc1ccc(NC(=O)C(C)n2cncn2)cc1Cl. The van der Waals surface area contributed by atoms with Gasteiger partial charge in [-0.1, -0.05) is 11.6 Å². The molecule has 6 nitrogen and oxygen atoms in total. The van der Waals surface area contributed by atoms with Crippen LogP contribution in [-0.4, -0.2) is 27.8 Å². The maximum atomic E-state index is 12.0. The maximum absolute atomic E-state index is 12.0. The van der Waals surface area contributed by atoms with E-state index in [-0.39, 0.29) is 5.91 Å². The molecule has 0 saturated carbocycles. The van der Waals surface area contributed by atoms with Gasteiger partial charge in [-0.2, -0.15) is 5.10 Å². The van der Waals surface area contributed by atoms with Gasteiger partial charge in [0.15, 0.2) is 0 Å². The first kappa shape index (κ1) is 13.4. The summed E-state index contributed by atoms with van der Waals surface area (Å²) in [7, 11) is 1.53. The summed E-state index contributed by atoms with van der Waals surface area (Å²) >= 11 is 5.99. The highest BCUT2D eigenvalue weighted by Gasteiger charge is 2.15. The summed E-state index contributed by atoms with van der Waals surface area (Å²) in [5.41, 5.74) is 0.600. The van der Waals surface area contributed by atoms with E-state index in [0.717, 1.165) is 0 Å². The number of nitrogens with one attached hydrogen (secondary N) is 1. The summed E-state index contributed by atoms with van der Waals surface area (Å²) < 4.78 is 6.52. The number of ether oxygens (including phenoxy) is 1.